The third-order valence-corrected chi connectivity index (χ3v) is 6.72. The summed E-state index contributed by atoms with van der Waals surface area (Å²) in [5.41, 5.74) is 2.81. The number of amides is 2. The number of aryl methyl sites for hydroxylation is 1. The molecule has 3 aromatic rings. The van der Waals surface area contributed by atoms with Crippen molar-refractivity contribution in [1.82, 2.24) is 20.2 Å². The Balaban J connectivity index is 1.66. The van der Waals surface area contributed by atoms with Crippen molar-refractivity contribution in [3.8, 4) is 17.0 Å². The Labute approximate surface area is 241 Å². The van der Waals surface area contributed by atoms with E-state index in [9.17, 15) is 27.9 Å². The molecule has 3 rings (SSSR count). The van der Waals surface area contributed by atoms with Gasteiger partial charge in [0.25, 0.3) is 5.91 Å². The number of benzene rings is 2. The average Bonchev–Trinajstić information content (AvgIpc) is 3.32. The summed E-state index contributed by atoms with van der Waals surface area (Å²) < 4.78 is 45.3. The van der Waals surface area contributed by atoms with Crippen molar-refractivity contribution < 1.29 is 32.6 Å². The molecule has 0 aliphatic carbocycles. The highest BCUT2D eigenvalue weighted by Gasteiger charge is 2.38. The Bertz CT molecular complexity index is 1330. The van der Waals surface area contributed by atoms with Gasteiger partial charge in [-0.3, -0.25) is 9.59 Å². The highest BCUT2D eigenvalue weighted by Crippen LogP contribution is 2.31. The lowest BCUT2D eigenvalue weighted by molar-refractivity contribution is -0.189. The number of hydrogen-bond acceptors (Lipinski definition) is 5. The summed E-state index contributed by atoms with van der Waals surface area (Å²) >= 11 is 6.08. The number of imidazole rings is 1. The van der Waals surface area contributed by atoms with E-state index in [-0.39, 0.29) is 28.8 Å². The van der Waals surface area contributed by atoms with Crippen LogP contribution >= 0.6 is 11.6 Å². The van der Waals surface area contributed by atoms with Gasteiger partial charge >= 0.3 is 6.18 Å². The van der Waals surface area contributed by atoms with Gasteiger partial charge in [0, 0.05) is 56.4 Å². The van der Waals surface area contributed by atoms with Crippen LogP contribution in [0.2, 0.25) is 5.02 Å². The van der Waals surface area contributed by atoms with Crippen molar-refractivity contribution in [3.63, 3.8) is 0 Å². The molecule has 0 spiro atoms. The van der Waals surface area contributed by atoms with Crippen LogP contribution in [0.1, 0.15) is 48.9 Å². The predicted octanol–water partition coefficient (Wildman–Crippen LogP) is 4.96. The minimum Gasteiger partial charge on any atom is -0.480 e. The van der Waals surface area contributed by atoms with Crippen LogP contribution in [0, 0.1) is 0 Å². The molecule has 1 heterocycles. The summed E-state index contributed by atoms with van der Waals surface area (Å²) in [6.45, 7) is 5.47. The summed E-state index contributed by atoms with van der Waals surface area (Å²) in [6.07, 6.45) is -3.29. The van der Waals surface area contributed by atoms with Crippen molar-refractivity contribution in [2.75, 3.05) is 13.2 Å². The van der Waals surface area contributed by atoms with Crippen molar-refractivity contribution in [2.24, 2.45) is 0 Å². The fourth-order valence-electron chi connectivity index (χ4n) is 4.16. The molecule has 0 fully saturated rings. The first-order valence-corrected chi connectivity index (χ1v) is 13.6. The maximum atomic E-state index is 12.9. The Hall–Kier alpha value is -3.57. The number of ether oxygens (including phenoxy) is 1. The molecule has 1 aromatic heterocycles. The quantitative estimate of drug-likeness (QED) is 0.260. The standard InChI is InChI=1S/C29H34ClF3N4O4/c1-4-37-17-25(36-27(37)11-13-34-19(3)39)21-7-5-20(6-8-21)15-23(12-14-38)35-28(40)22-9-10-26(24(30)16-22)41-18(2)29(31,32)33/h5-10,16-18,23,38H,4,11-15H2,1-3H3,(H,34,39)(H,35,40). The van der Waals surface area contributed by atoms with Crippen LogP contribution in [0.5, 0.6) is 5.75 Å². The number of aliphatic hydroxyl groups excluding tert-OH is 1. The third-order valence-electron chi connectivity index (χ3n) is 6.43. The van der Waals surface area contributed by atoms with Gasteiger partial charge in [-0.2, -0.15) is 13.2 Å². The molecule has 8 nitrogen and oxygen atoms in total. The van der Waals surface area contributed by atoms with E-state index in [1.54, 1.807) is 0 Å². The second-order valence-electron chi connectivity index (χ2n) is 9.59. The van der Waals surface area contributed by atoms with Gasteiger partial charge in [-0.15, -0.1) is 0 Å². The van der Waals surface area contributed by atoms with E-state index in [4.69, 9.17) is 21.3 Å². The zero-order chi connectivity index (χ0) is 30.2. The van der Waals surface area contributed by atoms with Crippen LogP contribution in [0.4, 0.5) is 13.2 Å². The Morgan fingerprint density at radius 1 is 1.17 bits per heavy atom. The first-order chi connectivity index (χ1) is 19.4. The van der Waals surface area contributed by atoms with E-state index < -0.39 is 24.2 Å². The van der Waals surface area contributed by atoms with Gasteiger partial charge in [0.05, 0.1) is 10.7 Å². The molecular formula is C29H34ClF3N4O4. The molecule has 0 saturated carbocycles. The number of nitrogens with zero attached hydrogens (tertiary/aromatic N) is 2. The van der Waals surface area contributed by atoms with E-state index in [0.717, 1.165) is 36.1 Å². The van der Waals surface area contributed by atoms with Crippen molar-refractivity contribution in [1.29, 1.82) is 0 Å². The zero-order valence-electron chi connectivity index (χ0n) is 23.1. The first-order valence-electron chi connectivity index (χ1n) is 13.3. The SMILES string of the molecule is CCn1cc(-c2ccc(CC(CCO)NC(=O)c3ccc(OC(C)C(F)(F)F)c(Cl)c3)cc2)nc1CCNC(C)=O. The number of carbonyl (C=O) groups excluding carboxylic acids is 2. The number of aromatic nitrogens is 2. The minimum absolute atomic E-state index is 0.0862. The van der Waals surface area contributed by atoms with Gasteiger partial charge in [-0.1, -0.05) is 35.9 Å². The van der Waals surface area contributed by atoms with Gasteiger partial charge in [-0.25, -0.2) is 4.98 Å². The number of carbonyl (C=O) groups is 2. The fraction of sp³-hybridized carbons (Fsp3) is 0.414. The summed E-state index contributed by atoms with van der Waals surface area (Å²) in [5.74, 6) is 0.135. The molecule has 0 aliphatic heterocycles. The smallest absolute Gasteiger partial charge is 0.425 e. The van der Waals surface area contributed by atoms with Crippen molar-refractivity contribution >= 4 is 23.4 Å². The molecule has 222 valence electrons. The van der Waals surface area contributed by atoms with Crippen molar-refractivity contribution in [3.05, 3.63) is 70.6 Å². The molecule has 0 radical (unpaired) electrons. The fourth-order valence-corrected chi connectivity index (χ4v) is 4.38. The normalized spacial score (nSPS) is 13.0. The molecule has 12 heteroatoms. The maximum absolute atomic E-state index is 12.9. The van der Waals surface area contributed by atoms with Gasteiger partial charge in [0.1, 0.15) is 11.6 Å². The van der Waals surface area contributed by atoms with E-state index >= 15 is 0 Å². The number of aliphatic hydroxyl groups is 1. The summed E-state index contributed by atoms with van der Waals surface area (Å²) in [5, 5.41) is 15.1. The van der Waals surface area contributed by atoms with E-state index in [0.29, 0.717) is 25.8 Å². The summed E-state index contributed by atoms with van der Waals surface area (Å²) in [6, 6.07) is 11.1. The topological polar surface area (TPSA) is 105 Å². The van der Waals surface area contributed by atoms with Crippen LogP contribution in [-0.2, 0) is 24.2 Å². The molecule has 0 saturated heterocycles. The Morgan fingerprint density at radius 2 is 1.88 bits per heavy atom. The molecule has 2 unspecified atom stereocenters. The van der Waals surface area contributed by atoms with Gasteiger partial charge in [0.15, 0.2) is 6.10 Å². The summed E-state index contributed by atoms with van der Waals surface area (Å²) in [7, 11) is 0. The monoisotopic (exact) mass is 594 g/mol. The molecule has 2 aromatic carbocycles. The average molecular weight is 595 g/mol. The van der Waals surface area contributed by atoms with E-state index in [1.807, 2.05) is 42.0 Å². The molecule has 0 bridgehead atoms. The van der Waals surface area contributed by atoms with Crippen LogP contribution in [0.3, 0.4) is 0 Å². The lowest BCUT2D eigenvalue weighted by atomic mass is 10.0. The lowest BCUT2D eigenvalue weighted by Gasteiger charge is -2.20. The largest absolute Gasteiger partial charge is 0.480 e. The number of alkyl halides is 3. The highest BCUT2D eigenvalue weighted by atomic mass is 35.5. The second-order valence-corrected chi connectivity index (χ2v) is 10.00. The molecule has 0 aliphatic rings. The van der Waals surface area contributed by atoms with Gasteiger partial charge in [-0.05, 0) is 50.5 Å². The van der Waals surface area contributed by atoms with E-state index in [2.05, 4.69) is 10.6 Å². The Kier molecular flexibility index (Phi) is 11.2. The van der Waals surface area contributed by atoms with Gasteiger partial charge in [0.2, 0.25) is 5.91 Å². The van der Waals surface area contributed by atoms with Crippen LogP contribution in [-0.4, -0.2) is 57.9 Å². The third kappa shape index (κ3) is 9.22. The maximum Gasteiger partial charge on any atom is 0.425 e. The predicted molar refractivity (Wildman–Crippen MR) is 150 cm³/mol. The molecule has 2 atom stereocenters. The first kappa shape index (κ1) is 32.0. The molecular weight excluding hydrogens is 561 g/mol. The number of halogens is 4. The second kappa shape index (κ2) is 14.4. The molecule has 3 N–H and O–H groups in total. The Morgan fingerprint density at radius 3 is 2.46 bits per heavy atom. The van der Waals surface area contributed by atoms with Crippen molar-refractivity contribution in [2.45, 2.75) is 64.9 Å². The van der Waals surface area contributed by atoms with Crippen LogP contribution in [0.25, 0.3) is 11.3 Å². The summed E-state index contributed by atoms with van der Waals surface area (Å²) in [4.78, 5) is 28.8. The highest BCUT2D eigenvalue weighted by molar-refractivity contribution is 6.32. The lowest BCUT2D eigenvalue weighted by Crippen LogP contribution is -2.37. The number of nitrogens with one attached hydrogen (secondary N) is 2. The van der Waals surface area contributed by atoms with Crippen LogP contribution < -0.4 is 15.4 Å². The zero-order valence-corrected chi connectivity index (χ0v) is 23.9. The molecule has 2 amide bonds. The van der Waals surface area contributed by atoms with E-state index in [1.165, 1.54) is 25.1 Å². The van der Waals surface area contributed by atoms with Gasteiger partial charge < -0.3 is 25.0 Å². The number of rotatable bonds is 13. The van der Waals surface area contributed by atoms with Crippen LogP contribution in [0.15, 0.2) is 48.7 Å². The molecule has 41 heavy (non-hydrogen) atoms. The number of hydrogen-bond donors (Lipinski definition) is 3. The minimum atomic E-state index is -4.55.